The summed E-state index contributed by atoms with van der Waals surface area (Å²) in [6.45, 7) is 6.28. The number of carbonyl (C=O) groups is 1. The number of aliphatic hydroxyl groups is 1. The Bertz CT molecular complexity index is 215. The summed E-state index contributed by atoms with van der Waals surface area (Å²) in [4.78, 5) is 11.8. The molecule has 1 aliphatic heterocycles. The number of hydrogen-bond acceptors (Lipinski definition) is 3. The zero-order valence-electron chi connectivity index (χ0n) is 10.3. The Morgan fingerprint density at radius 1 is 1.50 bits per heavy atom. The van der Waals surface area contributed by atoms with E-state index in [1.807, 2.05) is 13.8 Å². The van der Waals surface area contributed by atoms with Crippen molar-refractivity contribution in [2.24, 2.45) is 11.8 Å². The topological polar surface area (TPSA) is 61.4 Å². The maximum Gasteiger partial charge on any atom is 0.223 e. The molecule has 1 saturated heterocycles. The fraction of sp³-hybridized carbons (Fsp3) is 0.917. The number of rotatable bonds is 5. The Balaban J connectivity index is 2.23. The van der Waals surface area contributed by atoms with Gasteiger partial charge in [-0.05, 0) is 31.8 Å². The normalized spacial score (nSPS) is 21.4. The minimum Gasteiger partial charge on any atom is -0.391 e. The average Bonchev–Trinajstić information content (AvgIpc) is 2.35. The van der Waals surface area contributed by atoms with E-state index in [2.05, 4.69) is 10.6 Å². The monoisotopic (exact) mass is 228 g/mol. The van der Waals surface area contributed by atoms with Crippen LogP contribution in [-0.4, -0.2) is 36.8 Å². The first kappa shape index (κ1) is 13.5. The molecule has 3 N–H and O–H groups in total. The first-order valence-corrected chi connectivity index (χ1v) is 6.31. The first-order chi connectivity index (χ1) is 7.65. The predicted molar refractivity (Wildman–Crippen MR) is 64.1 cm³/mol. The molecule has 1 fully saturated rings. The summed E-state index contributed by atoms with van der Waals surface area (Å²) in [5.74, 6) is 0.475. The van der Waals surface area contributed by atoms with Crippen molar-refractivity contribution in [1.82, 2.24) is 10.6 Å². The lowest BCUT2D eigenvalue weighted by Crippen LogP contribution is -2.42. The van der Waals surface area contributed by atoms with E-state index in [1.54, 1.807) is 0 Å². The molecule has 0 aliphatic carbocycles. The van der Waals surface area contributed by atoms with Gasteiger partial charge in [0.1, 0.15) is 0 Å². The van der Waals surface area contributed by atoms with Gasteiger partial charge in [-0.3, -0.25) is 4.79 Å². The predicted octanol–water partition coefficient (Wildman–Crippen LogP) is 0.509. The molecular weight excluding hydrogens is 204 g/mol. The van der Waals surface area contributed by atoms with Crippen molar-refractivity contribution in [3.63, 3.8) is 0 Å². The van der Waals surface area contributed by atoms with Crippen molar-refractivity contribution in [3.05, 3.63) is 0 Å². The van der Waals surface area contributed by atoms with Crippen molar-refractivity contribution < 1.29 is 9.90 Å². The molecule has 1 heterocycles. The second-order valence-electron chi connectivity index (χ2n) is 4.72. The Hall–Kier alpha value is -0.610. The van der Waals surface area contributed by atoms with Crippen LogP contribution >= 0.6 is 0 Å². The highest BCUT2D eigenvalue weighted by atomic mass is 16.3. The second kappa shape index (κ2) is 6.86. The molecule has 0 spiro atoms. The Kier molecular flexibility index (Phi) is 5.77. The zero-order valence-corrected chi connectivity index (χ0v) is 10.3. The van der Waals surface area contributed by atoms with Gasteiger partial charge in [0.05, 0.1) is 6.10 Å². The van der Waals surface area contributed by atoms with Crippen molar-refractivity contribution in [2.45, 2.75) is 39.2 Å². The highest BCUT2D eigenvalue weighted by molar-refractivity contribution is 5.78. The third-order valence-electron chi connectivity index (χ3n) is 3.50. The van der Waals surface area contributed by atoms with Gasteiger partial charge in [0.15, 0.2) is 0 Å². The van der Waals surface area contributed by atoms with Crippen LogP contribution in [0.25, 0.3) is 0 Å². The highest BCUT2D eigenvalue weighted by Gasteiger charge is 2.21. The largest absolute Gasteiger partial charge is 0.391 e. The van der Waals surface area contributed by atoms with Gasteiger partial charge in [0.25, 0.3) is 0 Å². The molecule has 94 valence electrons. The van der Waals surface area contributed by atoms with Crippen LogP contribution < -0.4 is 10.6 Å². The summed E-state index contributed by atoms with van der Waals surface area (Å²) < 4.78 is 0. The molecule has 4 heteroatoms. The summed E-state index contributed by atoms with van der Waals surface area (Å²) in [5.41, 5.74) is 0. The molecule has 0 aromatic rings. The van der Waals surface area contributed by atoms with Crippen LogP contribution in [0.3, 0.4) is 0 Å². The molecule has 1 rings (SSSR count). The van der Waals surface area contributed by atoms with E-state index < -0.39 is 6.10 Å². The molecular formula is C12H24N2O2. The molecule has 2 unspecified atom stereocenters. The molecule has 0 aromatic heterocycles. The Morgan fingerprint density at radius 3 is 2.69 bits per heavy atom. The summed E-state index contributed by atoms with van der Waals surface area (Å²) in [6.07, 6.45) is 2.33. The molecule has 0 aromatic carbocycles. The molecule has 4 nitrogen and oxygen atoms in total. The Labute approximate surface area is 97.8 Å². The summed E-state index contributed by atoms with van der Waals surface area (Å²) in [6, 6.07) is 0. The van der Waals surface area contributed by atoms with Crippen molar-refractivity contribution in [2.75, 3.05) is 19.6 Å². The standard InChI is InChI=1S/C12H24N2O2/c1-3-9(2)11(15)8-14-12(16)10-4-6-13-7-5-10/h9-11,13,15H,3-8H2,1-2H3,(H,14,16). The van der Waals surface area contributed by atoms with Gasteiger partial charge in [0, 0.05) is 12.5 Å². The van der Waals surface area contributed by atoms with Crippen molar-refractivity contribution in [1.29, 1.82) is 0 Å². The van der Waals surface area contributed by atoms with E-state index in [0.717, 1.165) is 32.4 Å². The number of aliphatic hydroxyl groups excluding tert-OH is 1. The highest BCUT2D eigenvalue weighted by Crippen LogP contribution is 2.12. The smallest absolute Gasteiger partial charge is 0.223 e. The molecule has 1 aliphatic rings. The number of amides is 1. The van der Waals surface area contributed by atoms with Crippen molar-refractivity contribution >= 4 is 5.91 Å². The van der Waals surface area contributed by atoms with Crippen LogP contribution in [-0.2, 0) is 4.79 Å². The third-order valence-corrected chi connectivity index (χ3v) is 3.50. The van der Waals surface area contributed by atoms with Gasteiger partial charge in [-0.1, -0.05) is 20.3 Å². The molecule has 16 heavy (non-hydrogen) atoms. The zero-order chi connectivity index (χ0) is 12.0. The lowest BCUT2D eigenvalue weighted by molar-refractivity contribution is -0.126. The molecule has 0 saturated carbocycles. The quantitative estimate of drug-likeness (QED) is 0.642. The first-order valence-electron chi connectivity index (χ1n) is 6.31. The van der Waals surface area contributed by atoms with Gasteiger partial charge < -0.3 is 15.7 Å². The van der Waals surface area contributed by atoms with Gasteiger partial charge in [-0.2, -0.15) is 0 Å². The van der Waals surface area contributed by atoms with E-state index in [0.29, 0.717) is 6.54 Å². The van der Waals surface area contributed by atoms with Crippen LogP contribution in [0.5, 0.6) is 0 Å². The average molecular weight is 228 g/mol. The van der Waals surface area contributed by atoms with Crippen LogP contribution in [0.1, 0.15) is 33.1 Å². The third kappa shape index (κ3) is 4.10. The van der Waals surface area contributed by atoms with Gasteiger partial charge in [0.2, 0.25) is 5.91 Å². The maximum atomic E-state index is 11.8. The van der Waals surface area contributed by atoms with E-state index in [9.17, 15) is 9.90 Å². The summed E-state index contributed by atoms with van der Waals surface area (Å²) in [7, 11) is 0. The molecule has 1 amide bonds. The molecule has 2 atom stereocenters. The lowest BCUT2D eigenvalue weighted by atomic mass is 9.96. The SMILES string of the molecule is CCC(C)C(O)CNC(=O)C1CCNCC1. The fourth-order valence-corrected chi connectivity index (χ4v) is 1.91. The summed E-state index contributed by atoms with van der Waals surface area (Å²) in [5, 5.41) is 15.8. The second-order valence-corrected chi connectivity index (χ2v) is 4.72. The number of carbonyl (C=O) groups excluding carboxylic acids is 1. The molecule has 0 radical (unpaired) electrons. The van der Waals surface area contributed by atoms with Gasteiger partial charge in [-0.25, -0.2) is 0 Å². The number of nitrogens with one attached hydrogen (secondary N) is 2. The van der Waals surface area contributed by atoms with Crippen LogP contribution in [0.15, 0.2) is 0 Å². The minimum absolute atomic E-state index is 0.101. The van der Waals surface area contributed by atoms with Crippen LogP contribution in [0.2, 0.25) is 0 Å². The molecule has 0 bridgehead atoms. The fourth-order valence-electron chi connectivity index (χ4n) is 1.91. The maximum absolute atomic E-state index is 11.8. The number of hydrogen-bond donors (Lipinski definition) is 3. The number of piperidine rings is 1. The van der Waals surface area contributed by atoms with Gasteiger partial charge >= 0.3 is 0 Å². The lowest BCUT2D eigenvalue weighted by Gasteiger charge is -2.23. The Morgan fingerprint density at radius 2 is 2.12 bits per heavy atom. The van der Waals surface area contributed by atoms with Gasteiger partial charge in [-0.15, -0.1) is 0 Å². The minimum atomic E-state index is -0.421. The van der Waals surface area contributed by atoms with E-state index in [4.69, 9.17) is 0 Å². The van der Waals surface area contributed by atoms with Crippen LogP contribution in [0, 0.1) is 11.8 Å². The summed E-state index contributed by atoms with van der Waals surface area (Å²) >= 11 is 0. The van der Waals surface area contributed by atoms with E-state index in [1.165, 1.54) is 0 Å². The van der Waals surface area contributed by atoms with Crippen molar-refractivity contribution in [3.8, 4) is 0 Å². The van der Waals surface area contributed by atoms with E-state index in [-0.39, 0.29) is 17.7 Å². The van der Waals surface area contributed by atoms with Crippen LogP contribution in [0.4, 0.5) is 0 Å². The van der Waals surface area contributed by atoms with E-state index >= 15 is 0 Å².